The third-order valence-corrected chi connectivity index (χ3v) is 7.29. The molecule has 0 amide bonds. The number of nitrogens with zero attached hydrogens (tertiary/aromatic N) is 2. The zero-order valence-corrected chi connectivity index (χ0v) is 21.9. The first-order valence-electron chi connectivity index (χ1n) is 13.1. The third-order valence-electron chi connectivity index (χ3n) is 7.29. The fourth-order valence-electron chi connectivity index (χ4n) is 5.10. The van der Waals surface area contributed by atoms with Crippen LogP contribution >= 0.6 is 0 Å². The van der Waals surface area contributed by atoms with Crippen LogP contribution in [-0.2, 0) is 4.74 Å². The normalized spacial score (nSPS) is 15.3. The van der Waals surface area contributed by atoms with Gasteiger partial charge in [-0.25, -0.2) is 14.2 Å². The number of ether oxygens (including phenoxy) is 1. The van der Waals surface area contributed by atoms with Gasteiger partial charge in [-0.15, -0.1) is 0 Å². The molecule has 7 heteroatoms. The highest BCUT2D eigenvalue weighted by Gasteiger charge is 2.26. The van der Waals surface area contributed by atoms with E-state index in [0.717, 1.165) is 66.6 Å². The number of carbonyl (C=O) groups is 2. The number of carbonyl (C=O) groups excluding carboxylic acids is 1. The number of hydrogen-bond acceptors (Lipinski definition) is 5. The van der Waals surface area contributed by atoms with Crippen LogP contribution in [0.5, 0.6) is 0 Å². The first-order chi connectivity index (χ1) is 18.2. The van der Waals surface area contributed by atoms with Crippen molar-refractivity contribution in [2.45, 2.75) is 39.2 Å². The lowest BCUT2D eigenvalue weighted by Gasteiger charge is -2.33. The monoisotopic (exact) mass is 511 g/mol. The molecule has 194 valence electrons. The summed E-state index contributed by atoms with van der Waals surface area (Å²) in [5, 5.41) is 12.0. The lowest BCUT2D eigenvalue weighted by atomic mass is 9.89. The molecule has 2 fully saturated rings. The average molecular weight is 512 g/mol. The van der Waals surface area contributed by atoms with Gasteiger partial charge < -0.3 is 19.2 Å². The van der Waals surface area contributed by atoms with Gasteiger partial charge in [-0.05, 0) is 69.2 Å². The summed E-state index contributed by atoms with van der Waals surface area (Å²) in [6, 6.07) is 16.8. The van der Waals surface area contributed by atoms with Gasteiger partial charge in [0.05, 0.1) is 23.6 Å². The predicted molar refractivity (Wildman–Crippen MR) is 147 cm³/mol. The molecule has 0 unspecified atom stereocenters. The molecule has 2 saturated heterocycles. The SMILES string of the molecule is CC(C)(C)OC(=O)c1ccc(C(=O)O)c(-c2c3ccc(=[N+]4CCC4)cc-3oc3cc(N4CCC4)ccc23)c1. The molecule has 0 saturated carbocycles. The standard InChI is InChI=1S/C31H30N2O5/c1-31(2,3)38-30(36)19-6-9-22(29(34)35)25(16-19)28-23-10-7-20(32-12-4-13-32)17-26(23)37-27-18-21(8-11-24(27)28)33-14-5-15-33/h6-11,16-18H,4-5,12-15H2,1-3H3/p+1. The Balaban J connectivity index is 1.63. The summed E-state index contributed by atoms with van der Waals surface area (Å²) in [7, 11) is 0. The number of carboxylic acid groups (broad SMARTS) is 1. The fourth-order valence-corrected chi connectivity index (χ4v) is 5.10. The molecule has 0 atom stereocenters. The van der Waals surface area contributed by atoms with Crippen molar-refractivity contribution in [2.24, 2.45) is 0 Å². The van der Waals surface area contributed by atoms with E-state index in [2.05, 4.69) is 21.6 Å². The van der Waals surface area contributed by atoms with E-state index in [-0.39, 0.29) is 5.56 Å². The number of esters is 1. The van der Waals surface area contributed by atoms with Gasteiger partial charge in [-0.1, -0.05) is 0 Å². The quantitative estimate of drug-likeness (QED) is 0.229. The first kappa shape index (κ1) is 24.2. The Morgan fingerprint density at radius 2 is 1.74 bits per heavy atom. The highest BCUT2D eigenvalue weighted by Crippen LogP contribution is 2.42. The number of anilines is 1. The molecule has 0 aromatic heterocycles. The van der Waals surface area contributed by atoms with Gasteiger partial charge in [-0.2, -0.15) is 0 Å². The van der Waals surface area contributed by atoms with Gasteiger partial charge in [0.15, 0.2) is 0 Å². The second kappa shape index (κ2) is 9.01. The zero-order chi connectivity index (χ0) is 26.6. The molecular weight excluding hydrogens is 480 g/mol. The highest BCUT2D eigenvalue weighted by molar-refractivity contribution is 6.09. The summed E-state index contributed by atoms with van der Waals surface area (Å²) in [6.07, 6.45) is 2.33. The van der Waals surface area contributed by atoms with Crippen LogP contribution in [0.3, 0.4) is 0 Å². The summed E-state index contributed by atoms with van der Waals surface area (Å²) in [5.74, 6) is -0.881. The van der Waals surface area contributed by atoms with Gasteiger partial charge in [0.25, 0.3) is 0 Å². The minimum absolute atomic E-state index is 0.116. The highest BCUT2D eigenvalue weighted by atomic mass is 16.6. The molecule has 38 heavy (non-hydrogen) atoms. The van der Waals surface area contributed by atoms with E-state index in [0.29, 0.717) is 22.5 Å². The Morgan fingerprint density at radius 1 is 0.947 bits per heavy atom. The maximum atomic E-state index is 13.0. The number of hydrogen-bond donors (Lipinski definition) is 1. The Morgan fingerprint density at radius 3 is 2.37 bits per heavy atom. The number of aromatic carboxylic acids is 1. The molecule has 7 nitrogen and oxygen atoms in total. The van der Waals surface area contributed by atoms with Crippen LogP contribution in [0.2, 0.25) is 0 Å². The molecule has 2 aromatic rings. The van der Waals surface area contributed by atoms with E-state index >= 15 is 0 Å². The van der Waals surface area contributed by atoms with Gasteiger partial charge in [0.1, 0.15) is 30.0 Å². The zero-order valence-electron chi connectivity index (χ0n) is 21.9. The summed E-state index contributed by atoms with van der Waals surface area (Å²) in [4.78, 5) is 27.7. The smallest absolute Gasteiger partial charge is 0.338 e. The number of carboxylic acids is 1. The Kier molecular flexibility index (Phi) is 5.74. The van der Waals surface area contributed by atoms with E-state index in [1.165, 1.54) is 12.1 Å². The van der Waals surface area contributed by atoms with E-state index < -0.39 is 17.5 Å². The van der Waals surface area contributed by atoms with Crippen molar-refractivity contribution >= 4 is 28.6 Å². The number of fused-ring (bicyclic) bond motifs is 2. The minimum atomic E-state index is -1.06. The Bertz CT molecular complexity index is 1630. The van der Waals surface area contributed by atoms with E-state index in [9.17, 15) is 14.7 Å². The summed E-state index contributed by atoms with van der Waals surface area (Å²) in [6.45, 7) is 9.45. The maximum Gasteiger partial charge on any atom is 0.338 e. The van der Waals surface area contributed by atoms with Gasteiger partial charge in [0, 0.05) is 47.4 Å². The molecule has 4 aliphatic rings. The topological polar surface area (TPSA) is 83.0 Å². The van der Waals surface area contributed by atoms with Crippen LogP contribution in [0.15, 0.2) is 59.0 Å². The molecule has 2 aromatic carbocycles. The van der Waals surface area contributed by atoms with Crippen molar-refractivity contribution in [1.82, 2.24) is 4.58 Å². The number of benzene rings is 3. The lowest BCUT2D eigenvalue weighted by molar-refractivity contribution is 0.00691. The van der Waals surface area contributed by atoms with E-state index in [1.54, 1.807) is 6.07 Å². The van der Waals surface area contributed by atoms with Gasteiger partial charge in [-0.3, -0.25) is 0 Å². The molecule has 3 aliphatic heterocycles. The number of rotatable bonds is 4. The van der Waals surface area contributed by atoms with Crippen molar-refractivity contribution in [2.75, 3.05) is 31.1 Å². The predicted octanol–water partition coefficient (Wildman–Crippen LogP) is 5.24. The molecule has 0 bridgehead atoms. The molecule has 6 rings (SSSR count). The Labute approximate surface area is 220 Å². The fraction of sp³-hybridized carbons (Fsp3) is 0.323. The second-order valence-corrected chi connectivity index (χ2v) is 11.1. The van der Waals surface area contributed by atoms with Crippen LogP contribution in [0, 0.1) is 0 Å². The van der Waals surface area contributed by atoms with Crippen LogP contribution < -0.4 is 14.8 Å². The second-order valence-electron chi connectivity index (χ2n) is 11.1. The molecular formula is C31H31N2O5+. The van der Waals surface area contributed by atoms with E-state index in [1.807, 2.05) is 45.0 Å². The van der Waals surface area contributed by atoms with Crippen LogP contribution in [0.25, 0.3) is 33.4 Å². The van der Waals surface area contributed by atoms with Crippen LogP contribution in [0.4, 0.5) is 5.69 Å². The molecule has 0 spiro atoms. The maximum absolute atomic E-state index is 13.0. The molecule has 1 aliphatic carbocycles. The average Bonchev–Trinajstić information content (AvgIpc) is 2.78. The van der Waals surface area contributed by atoms with Crippen LogP contribution in [0.1, 0.15) is 54.3 Å². The van der Waals surface area contributed by atoms with Crippen LogP contribution in [-0.4, -0.2) is 48.8 Å². The van der Waals surface area contributed by atoms with Gasteiger partial charge >= 0.3 is 11.9 Å². The van der Waals surface area contributed by atoms with Crippen molar-refractivity contribution < 1.29 is 23.8 Å². The lowest BCUT2D eigenvalue weighted by Crippen LogP contribution is -2.40. The molecule has 3 heterocycles. The summed E-state index contributed by atoms with van der Waals surface area (Å²) < 4.78 is 14.4. The Hall–Kier alpha value is -4.13. The van der Waals surface area contributed by atoms with E-state index in [4.69, 9.17) is 9.15 Å². The van der Waals surface area contributed by atoms with Crippen molar-refractivity contribution in [1.29, 1.82) is 0 Å². The molecule has 0 radical (unpaired) electrons. The third kappa shape index (κ3) is 4.32. The molecule has 1 N–H and O–H groups in total. The van der Waals surface area contributed by atoms with Crippen molar-refractivity contribution in [3.05, 3.63) is 71.1 Å². The summed E-state index contributed by atoms with van der Waals surface area (Å²) >= 11 is 0. The minimum Gasteiger partial charge on any atom is -0.478 e. The summed E-state index contributed by atoms with van der Waals surface area (Å²) in [5.41, 5.74) is 3.49. The first-order valence-corrected chi connectivity index (χ1v) is 13.1. The van der Waals surface area contributed by atoms with Crippen molar-refractivity contribution in [3.63, 3.8) is 0 Å². The van der Waals surface area contributed by atoms with Crippen molar-refractivity contribution in [3.8, 4) is 22.5 Å². The van der Waals surface area contributed by atoms with Gasteiger partial charge in [0.2, 0.25) is 5.36 Å². The largest absolute Gasteiger partial charge is 0.478 e.